The second-order valence-electron chi connectivity index (χ2n) is 1.53. The number of ether oxygens (including phenoxy) is 3. The maximum Gasteiger partial charge on any atom is 0.404 e. The molecule has 5 heteroatoms. The van der Waals surface area contributed by atoms with E-state index < -0.39 is 12.4 Å². The molecule has 0 aliphatic heterocycles. The molecule has 0 atom stereocenters. The van der Waals surface area contributed by atoms with Crippen LogP contribution < -0.4 is 5.73 Å². The van der Waals surface area contributed by atoms with Gasteiger partial charge in [-0.2, -0.15) is 0 Å². The fourth-order valence-corrected chi connectivity index (χ4v) is 0.382. The Morgan fingerprint density at radius 1 is 1.50 bits per heavy atom. The summed E-state index contributed by atoms with van der Waals surface area (Å²) in [5.74, 6) is 0. The van der Waals surface area contributed by atoms with Gasteiger partial charge in [0, 0.05) is 14.2 Å². The van der Waals surface area contributed by atoms with E-state index in [0.29, 0.717) is 0 Å². The quantitative estimate of drug-likeness (QED) is 0.557. The van der Waals surface area contributed by atoms with E-state index in [9.17, 15) is 4.79 Å². The van der Waals surface area contributed by atoms with E-state index >= 15 is 0 Å². The van der Waals surface area contributed by atoms with Gasteiger partial charge in [0.2, 0.25) is 0 Å². The van der Waals surface area contributed by atoms with E-state index in [0.717, 1.165) is 0 Å². The molecule has 0 aliphatic rings. The maximum absolute atomic E-state index is 10.0. The molecule has 0 aromatic carbocycles. The van der Waals surface area contributed by atoms with E-state index in [4.69, 9.17) is 9.47 Å². The Morgan fingerprint density at radius 3 is 2.30 bits per heavy atom. The van der Waals surface area contributed by atoms with Crippen molar-refractivity contribution in [2.75, 3.05) is 20.8 Å². The molecule has 0 rings (SSSR count). The Morgan fingerprint density at radius 2 is 2.00 bits per heavy atom. The van der Waals surface area contributed by atoms with Crippen LogP contribution in [0.3, 0.4) is 0 Å². The van der Waals surface area contributed by atoms with Gasteiger partial charge in [-0.1, -0.05) is 0 Å². The fraction of sp³-hybridized carbons (Fsp3) is 0.800. The van der Waals surface area contributed by atoms with E-state index in [2.05, 4.69) is 10.5 Å². The highest BCUT2D eigenvalue weighted by Gasteiger charge is 2.05. The summed E-state index contributed by atoms with van der Waals surface area (Å²) in [5.41, 5.74) is 4.68. The first kappa shape index (κ1) is 9.19. The number of methoxy groups -OCH3 is 2. The first-order chi connectivity index (χ1) is 4.70. The van der Waals surface area contributed by atoms with Crippen LogP contribution in [0.4, 0.5) is 4.79 Å². The average Bonchev–Trinajstić information content (AvgIpc) is 1.90. The molecule has 0 radical (unpaired) electrons. The molecule has 0 bridgehead atoms. The topological polar surface area (TPSA) is 70.8 Å². The Kier molecular flexibility index (Phi) is 4.61. The molecule has 0 aromatic heterocycles. The van der Waals surface area contributed by atoms with E-state index in [1.54, 1.807) is 0 Å². The van der Waals surface area contributed by atoms with Gasteiger partial charge in [0.05, 0.1) is 0 Å². The minimum Gasteiger partial charge on any atom is -0.444 e. The number of rotatable bonds is 4. The van der Waals surface area contributed by atoms with Crippen LogP contribution in [0.1, 0.15) is 0 Å². The van der Waals surface area contributed by atoms with Crippen molar-refractivity contribution >= 4 is 6.09 Å². The molecule has 0 saturated heterocycles. The lowest BCUT2D eigenvalue weighted by molar-refractivity contribution is -0.127. The van der Waals surface area contributed by atoms with Crippen LogP contribution in [0.25, 0.3) is 0 Å². The standard InChI is InChI=1S/C5H11NO4/c1-8-4(9-2)3-10-5(6)7/h4H,3H2,1-2H3,(H2,6,7). The minimum absolute atomic E-state index is 0.0162. The van der Waals surface area contributed by atoms with Gasteiger partial charge in [0.1, 0.15) is 6.61 Å². The van der Waals surface area contributed by atoms with Crippen LogP contribution >= 0.6 is 0 Å². The van der Waals surface area contributed by atoms with Crippen LogP contribution in [0.5, 0.6) is 0 Å². The van der Waals surface area contributed by atoms with Crippen LogP contribution in [-0.2, 0) is 14.2 Å². The molecular formula is C5H11NO4. The predicted octanol–water partition coefficient (Wildman–Crippen LogP) is -0.299. The molecular weight excluding hydrogens is 138 g/mol. The normalized spacial score (nSPS) is 9.90. The fourth-order valence-electron chi connectivity index (χ4n) is 0.382. The first-order valence-electron chi connectivity index (χ1n) is 2.68. The summed E-state index contributed by atoms with van der Waals surface area (Å²) in [7, 11) is 2.89. The second-order valence-corrected chi connectivity index (χ2v) is 1.53. The number of amides is 1. The lowest BCUT2D eigenvalue weighted by Crippen LogP contribution is -2.24. The molecule has 0 heterocycles. The number of hydrogen-bond donors (Lipinski definition) is 1. The Bertz CT molecular complexity index is 102. The van der Waals surface area contributed by atoms with E-state index in [-0.39, 0.29) is 6.61 Å². The summed E-state index contributed by atoms with van der Waals surface area (Å²) in [6, 6.07) is 0. The van der Waals surface area contributed by atoms with Gasteiger partial charge in [0.15, 0.2) is 6.29 Å². The summed E-state index contributed by atoms with van der Waals surface area (Å²) >= 11 is 0. The summed E-state index contributed by atoms with van der Waals surface area (Å²) in [5, 5.41) is 0. The third-order valence-corrected chi connectivity index (χ3v) is 0.887. The van der Waals surface area contributed by atoms with Crippen molar-refractivity contribution in [2.45, 2.75) is 6.29 Å². The summed E-state index contributed by atoms with van der Waals surface area (Å²) in [4.78, 5) is 10.0. The number of primary amides is 1. The van der Waals surface area contributed by atoms with Gasteiger partial charge in [0.25, 0.3) is 0 Å². The van der Waals surface area contributed by atoms with Gasteiger partial charge in [-0.25, -0.2) is 4.79 Å². The highest BCUT2D eigenvalue weighted by molar-refractivity contribution is 5.64. The summed E-state index contributed by atoms with van der Waals surface area (Å²) in [6.07, 6.45) is -1.37. The molecule has 0 aliphatic carbocycles. The SMILES string of the molecule is COC(COC(N)=O)OC. The minimum atomic E-state index is -0.834. The van der Waals surface area contributed by atoms with Gasteiger partial charge in [-0.3, -0.25) is 0 Å². The monoisotopic (exact) mass is 149 g/mol. The highest BCUT2D eigenvalue weighted by atomic mass is 16.7. The zero-order valence-electron chi connectivity index (χ0n) is 5.99. The number of hydrogen-bond acceptors (Lipinski definition) is 4. The lowest BCUT2D eigenvalue weighted by Gasteiger charge is -2.11. The van der Waals surface area contributed by atoms with Gasteiger partial charge in [-0.05, 0) is 0 Å². The lowest BCUT2D eigenvalue weighted by atomic mass is 10.7. The predicted molar refractivity (Wildman–Crippen MR) is 33.3 cm³/mol. The number of nitrogens with two attached hydrogens (primary N) is 1. The Hall–Kier alpha value is -0.810. The Labute approximate surface area is 59.0 Å². The molecule has 0 fully saturated rings. The van der Waals surface area contributed by atoms with E-state index in [1.165, 1.54) is 14.2 Å². The molecule has 2 N–H and O–H groups in total. The molecule has 60 valence electrons. The van der Waals surface area contributed by atoms with Crippen molar-refractivity contribution in [2.24, 2.45) is 5.73 Å². The number of carbonyl (C=O) groups excluding carboxylic acids is 1. The summed E-state index contributed by atoms with van der Waals surface area (Å²) in [6.45, 7) is 0.0162. The molecule has 0 unspecified atom stereocenters. The van der Waals surface area contributed by atoms with Crippen molar-refractivity contribution in [1.29, 1.82) is 0 Å². The molecule has 10 heavy (non-hydrogen) atoms. The summed E-state index contributed by atoms with van der Waals surface area (Å²) < 4.78 is 13.8. The molecule has 0 aromatic rings. The third kappa shape index (κ3) is 4.11. The zero-order chi connectivity index (χ0) is 7.98. The first-order valence-corrected chi connectivity index (χ1v) is 2.68. The third-order valence-electron chi connectivity index (χ3n) is 0.887. The van der Waals surface area contributed by atoms with Crippen LogP contribution in [0, 0.1) is 0 Å². The van der Waals surface area contributed by atoms with Crippen molar-refractivity contribution in [1.82, 2.24) is 0 Å². The molecule has 5 nitrogen and oxygen atoms in total. The number of carbonyl (C=O) groups is 1. The van der Waals surface area contributed by atoms with Crippen LogP contribution in [0.2, 0.25) is 0 Å². The largest absolute Gasteiger partial charge is 0.444 e. The van der Waals surface area contributed by atoms with Crippen molar-refractivity contribution < 1.29 is 19.0 Å². The zero-order valence-corrected chi connectivity index (χ0v) is 5.99. The second kappa shape index (κ2) is 5.01. The Balaban J connectivity index is 3.34. The van der Waals surface area contributed by atoms with Gasteiger partial charge >= 0.3 is 6.09 Å². The average molecular weight is 149 g/mol. The maximum atomic E-state index is 10.0. The molecule has 0 spiro atoms. The molecule has 0 saturated carbocycles. The van der Waals surface area contributed by atoms with Gasteiger partial charge in [-0.15, -0.1) is 0 Å². The molecule has 1 amide bonds. The van der Waals surface area contributed by atoms with E-state index in [1.807, 2.05) is 0 Å². The van der Waals surface area contributed by atoms with Crippen molar-refractivity contribution in [3.8, 4) is 0 Å². The highest BCUT2D eigenvalue weighted by Crippen LogP contribution is 1.90. The van der Waals surface area contributed by atoms with Crippen molar-refractivity contribution in [3.05, 3.63) is 0 Å². The van der Waals surface area contributed by atoms with Crippen molar-refractivity contribution in [3.63, 3.8) is 0 Å². The smallest absolute Gasteiger partial charge is 0.404 e. The van der Waals surface area contributed by atoms with Gasteiger partial charge < -0.3 is 19.9 Å². The van der Waals surface area contributed by atoms with Crippen LogP contribution in [0.15, 0.2) is 0 Å². The van der Waals surface area contributed by atoms with Crippen LogP contribution in [-0.4, -0.2) is 33.2 Å².